The summed E-state index contributed by atoms with van der Waals surface area (Å²) >= 11 is 0. The number of hydrogen-bond donors (Lipinski definition) is 2. The van der Waals surface area contributed by atoms with Gasteiger partial charge in [0.1, 0.15) is 0 Å². The van der Waals surface area contributed by atoms with Gasteiger partial charge < -0.3 is 25.2 Å². The van der Waals surface area contributed by atoms with E-state index in [1.807, 2.05) is 24.1 Å². The van der Waals surface area contributed by atoms with Gasteiger partial charge in [-0.15, -0.1) is 0 Å². The number of nitrogens with one attached hydrogen (secondary N) is 2. The van der Waals surface area contributed by atoms with E-state index < -0.39 is 5.97 Å². The van der Waals surface area contributed by atoms with Crippen molar-refractivity contribution in [1.29, 1.82) is 0 Å². The Morgan fingerprint density at radius 2 is 1.55 bits per heavy atom. The van der Waals surface area contributed by atoms with Gasteiger partial charge in [-0.05, 0) is 74.9 Å². The highest BCUT2D eigenvalue weighted by Crippen LogP contribution is 2.28. The van der Waals surface area contributed by atoms with Crippen LogP contribution in [0.25, 0.3) is 0 Å². The van der Waals surface area contributed by atoms with Gasteiger partial charge in [-0.25, -0.2) is 9.59 Å². The first kappa shape index (κ1) is 30.6. The van der Waals surface area contributed by atoms with E-state index in [2.05, 4.69) is 77.7 Å². The third-order valence-electron chi connectivity index (χ3n) is 6.79. The van der Waals surface area contributed by atoms with E-state index in [4.69, 9.17) is 4.74 Å². The molecule has 212 valence electrons. The average Bonchev–Trinajstić information content (AvgIpc) is 2.97. The average molecular weight is 543 g/mol. The number of rotatable bonds is 15. The Morgan fingerprint density at radius 1 is 0.900 bits per heavy atom. The second-order valence-electron chi connectivity index (χ2n) is 10.0. The highest BCUT2D eigenvalue weighted by molar-refractivity contribution is 5.94. The van der Waals surface area contributed by atoms with E-state index in [1.54, 1.807) is 24.3 Å². The number of likely N-dealkylation sites (N-methyl/N-ethyl adjacent to an activating group) is 1. The Bertz CT molecular complexity index is 1180. The summed E-state index contributed by atoms with van der Waals surface area (Å²) < 4.78 is 4.84. The van der Waals surface area contributed by atoms with E-state index in [0.29, 0.717) is 30.9 Å². The van der Waals surface area contributed by atoms with Crippen molar-refractivity contribution in [2.24, 2.45) is 0 Å². The number of esters is 1. The maximum atomic E-state index is 13.6. The number of amides is 2. The SMILES string of the molecule is C=C(CN(C)CCCNC)CN(CCC(c1ccccc1)c1ccccc1)C(=O)Nc1cccc(C(=O)OC)c1. The maximum absolute atomic E-state index is 13.6. The topological polar surface area (TPSA) is 73.9 Å². The van der Waals surface area contributed by atoms with Gasteiger partial charge in [-0.1, -0.05) is 73.3 Å². The van der Waals surface area contributed by atoms with Crippen LogP contribution in [0.3, 0.4) is 0 Å². The molecule has 0 spiro atoms. The maximum Gasteiger partial charge on any atom is 0.337 e. The van der Waals surface area contributed by atoms with Crippen LogP contribution in [0, 0.1) is 0 Å². The quantitative estimate of drug-likeness (QED) is 0.148. The fraction of sp³-hybridized carbons (Fsp3) is 0.333. The van der Waals surface area contributed by atoms with Crippen LogP contribution in [0.1, 0.15) is 40.2 Å². The molecular formula is C33H42N4O3. The summed E-state index contributed by atoms with van der Waals surface area (Å²) in [4.78, 5) is 29.7. The van der Waals surface area contributed by atoms with Crippen LogP contribution in [0.4, 0.5) is 10.5 Å². The van der Waals surface area contributed by atoms with Crippen molar-refractivity contribution < 1.29 is 14.3 Å². The largest absolute Gasteiger partial charge is 0.465 e. The monoisotopic (exact) mass is 542 g/mol. The van der Waals surface area contributed by atoms with E-state index in [0.717, 1.165) is 31.5 Å². The van der Waals surface area contributed by atoms with E-state index >= 15 is 0 Å². The fourth-order valence-electron chi connectivity index (χ4n) is 4.78. The number of urea groups is 1. The Morgan fingerprint density at radius 3 is 2.15 bits per heavy atom. The predicted octanol–water partition coefficient (Wildman–Crippen LogP) is 5.63. The fourth-order valence-corrected chi connectivity index (χ4v) is 4.78. The summed E-state index contributed by atoms with van der Waals surface area (Å²) in [5.74, 6) is -0.311. The minimum absolute atomic E-state index is 0.137. The molecule has 0 radical (unpaired) electrons. The van der Waals surface area contributed by atoms with Gasteiger partial charge in [0.2, 0.25) is 0 Å². The predicted molar refractivity (Wildman–Crippen MR) is 163 cm³/mol. The first-order valence-corrected chi connectivity index (χ1v) is 13.7. The minimum atomic E-state index is -0.448. The molecule has 0 aliphatic rings. The van der Waals surface area contributed by atoms with Crippen LogP contribution in [0.5, 0.6) is 0 Å². The summed E-state index contributed by atoms with van der Waals surface area (Å²) in [5, 5.41) is 6.16. The molecule has 3 rings (SSSR count). The summed E-state index contributed by atoms with van der Waals surface area (Å²) in [6.07, 6.45) is 1.78. The van der Waals surface area contributed by atoms with Gasteiger partial charge in [-0.3, -0.25) is 0 Å². The van der Waals surface area contributed by atoms with Gasteiger partial charge >= 0.3 is 12.0 Å². The van der Waals surface area contributed by atoms with Crippen LogP contribution in [0.2, 0.25) is 0 Å². The van der Waals surface area contributed by atoms with Crippen molar-refractivity contribution in [2.45, 2.75) is 18.8 Å². The highest BCUT2D eigenvalue weighted by Gasteiger charge is 2.20. The molecular weight excluding hydrogens is 500 g/mol. The molecule has 3 aromatic carbocycles. The number of benzene rings is 3. The number of ether oxygens (including phenoxy) is 1. The van der Waals surface area contributed by atoms with Crippen LogP contribution in [-0.2, 0) is 4.74 Å². The molecule has 0 aliphatic heterocycles. The van der Waals surface area contributed by atoms with E-state index in [1.165, 1.54) is 18.2 Å². The van der Waals surface area contributed by atoms with Crippen LogP contribution >= 0.6 is 0 Å². The zero-order valence-electron chi connectivity index (χ0n) is 23.9. The van der Waals surface area contributed by atoms with Crippen molar-refractivity contribution in [3.63, 3.8) is 0 Å². The van der Waals surface area contributed by atoms with Crippen molar-refractivity contribution in [3.05, 3.63) is 114 Å². The smallest absolute Gasteiger partial charge is 0.337 e. The van der Waals surface area contributed by atoms with Gasteiger partial charge in [0.15, 0.2) is 0 Å². The first-order chi connectivity index (χ1) is 19.4. The molecule has 0 heterocycles. The molecule has 0 saturated heterocycles. The number of carbonyl (C=O) groups excluding carboxylic acids is 2. The Hall–Kier alpha value is -3.94. The number of nitrogens with zero attached hydrogens (tertiary/aromatic N) is 2. The number of carbonyl (C=O) groups is 2. The van der Waals surface area contributed by atoms with Crippen molar-refractivity contribution in [2.75, 3.05) is 59.2 Å². The second kappa shape index (κ2) is 16.2. The summed E-state index contributed by atoms with van der Waals surface area (Å²) in [7, 11) is 5.37. The van der Waals surface area contributed by atoms with Crippen LogP contribution < -0.4 is 10.6 Å². The molecule has 40 heavy (non-hydrogen) atoms. The Balaban J connectivity index is 1.78. The molecule has 7 heteroatoms. The second-order valence-corrected chi connectivity index (χ2v) is 10.0. The van der Waals surface area contributed by atoms with Crippen LogP contribution in [0.15, 0.2) is 97.1 Å². The molecule has 0 unspecified atom stereocenters. The Labute approximate surface area is 238 Å². The van der Waals surface area contributed by atoms with Crippen LogP contribution in [-0.4, -0.2) is 75.7 Å². The summed E-state index contributed by atoms with van der Waals surface area (Å²) in [6, 6.07) is 27.3. The first-order valence-electron chi connectivity index (χ1n) is 13.7. The van der Waals surface area contributed by atoms with Gasteiger partial charge in [-0.2, -0.15) is 0 Å². The zero-order valence-corrected chi connectivity index (χ0v) is 23.9. The molecule has 0 aromatic heterocycles. The van der Waals surface area contributed by atoms with Crippen molar-refractivity contribution >= 4 is 17.7 Å². The van der Waals surface area contributed by atoms with Gasteiger partial charge in [0.05, 0.1) is 12.7 Å². The summed E-state index contributed by atoms with van der Waals surface area (Å²) in [5.41, 5.74) is 4.30. The molecule has 0 bridgehead atoms. The van der Waals surface area contributed by atoms with E-state index in [9.17, 15) is 9.59 Å². The zero-order chi connectivity index (χ0) is 28.7. The lowest BCUT2D eigenvalue weighted by Gasteiger charge is -2.28. The lowest BCUT2D eigenvalue weighted by atomic mass is 9.88. The van der Waals surface area contributed by atoms with Crippen molar-refractivity contribution in [1.82, 2.24) is 15.1 Å². The third-order valence-corrected chi connectivity index (χ3v) is 6.79. The molecule has 0 saturated carbocycles. The third kappa shape index (κ3) is 9.67. The van der Waals surface area contributed by atoms with Crippen molar-refractivity contribution in [3.8, 4) is 0 Å². The molecule has 0 atom stereocenters. The number of methoxy groups -OCH3 is 1. The lowest BCUT2D eigenvalue weighted by Crippen LogP contribution is -2.39. The molecule has 7 nitrogen and oxygen atoms in total. The molecule has 0 fully saturated rings. The van der Waals surface area contributed by atoms with E-state index in [-0.39, 0.29) is 11.9 Å². The molecule has 3 aromatic rings. The number of hydrogen-bond acceptors (Lipinski definition) is 5. The standard InChI is InChI=1S/C33H42N4O3/c1-26(24-36(3)21-12-20-34-2)25-37(33(39)35-30-18-11-17-29(23-30)32(38)40-4)22-19-31(27-13-7-5-8-14-27)28-15-9-6-10-16-28/h5-11,13-18,23,31,34H,1,12,19-22,24-25H2,2-4H3,(H,35,39). The Kier molecular flexibility index (Phi) is 12.4. The summed E-state index contributed by atoms with van der Waals surface area (Å²) in [6.45, 7) is 7.85. The number of anilines is 1. The minimum Gasteiger partial charge on any atom is -0.465 e. The molecule has 0 aliphatic carbocycles. The molecule has 2 N–H and O–H groups in total. The lowest BCUT2D eigenvalue weighted by molar-refractivity contribution is 0.0600. The van der Waals surface area contributed by atoms with Gasteiger partial charge in [0, 0.05) is 31.2 Å². The van der Waals surface area contributed by atoms with Gasteiger partial charge in [0.25, 0.3) is 0 Å². The normalized spacial score (nSPS) is 10.9. The highest BCUT2D eigenvalue weighted by atomic mass is 16.5. The molecule has 2 amide bonds.